The summed E-state index contributed by atoms with van der Waals surface area (Å²) in [5.41, 5.74) is 2.79. The monoisotopic (exact) mass is 389 g/mol. The minimum absolute atomic E-state index is 0.00647. The van der Waals surface area contributed by atoms with Crippen molar-refractivity contribution in [3.05, 3.63) is 78.0 Å². The van der Waals surface area contributed by atoms with Gasteiger partial charge < -0.3 is 19.3 Å². The average Bonchev–Trinajstić information content (AvgIpc) is 2.92. The Morgan fingerprint density at radius 1 is 1.10 bits per heavy atom. The summed E-state index contributed by atoms with van der Waals surface area (Å²) in [6, 6.07) is 21.6. The average molecular weight is 389 g/mol. The Morgan fingerprint density at radius 2 is 1.93 bits per heavy atom. The normalized spacial score (nSPS) is 13.3. The summed E-state index contributed by atoms with van der Waals surface area (Å²) in [6.45, 7) is 0.869. The zero-order chi connectivity index (χ0) is 20.2. The maximum absolute atomic E-state index is 12.6. The summed E-state index contributed by atoms with van der Waals surface area (Å²) < 4.78 is 11.0. The number of methoxy groups -OCH3 is 1. The molecule has 0 radical (unpaired) electrons. The van der Waals surface area contributed by atoms with Gasteiger partial charge in [0, 0.05) is 19.3 Å². The molecule has 0 atom stereocenters. The van der Waals surface area contributed by atoms with Gasteiger partial charge in [0.25, 0.3) is 5.91 Å². The van der Waals surface area contributed by atoms with Crippen LogP contribution in [0.25, 0.3) is 0 Å². The molecule has 4 rings (SSSR count). The predicted molar refractivity (Wildman–Crippen MR) is 111 cm³/mol. The minimum atomic E-state index is -0.0659. The summed E-state index contributed by atoms with van der Waals surface area (Å²) in [6.07, 6.45) is 0. The van der Waals surface area contributed by atoms with Gasteiger partial charge in [-0.2, -0.15) is 0 Å². The Hall–Kier alpha value is -3.54. The Morgan fingerprint density at radius 3 is 2.72 bits per heavy atom. The summed E-state index contributed by atoms with van der Waals surface area (Å²) in [4.78, 5) is 21.2. The zero-order valence-electron chi connectivity index (χ0n) is 16.5. The molecule has 148 valence electrons. The quantitative estimate of drug-likeness (QED) is 0.665. The van der Waals surface area contributed by atoms with E-state index >= 15 is 0 Å². The molecule has 6 nitrogen and oxygen atoms in total. The van der Waals surface area contributed by atoms with E-state index in [0.717, 1.165) is 28.5 Å². The van der Waals surface area contributed by atoms with E-state index in [0.29, 0.717) is 18.8 Å². The van der Waals surface area contributed by atoms with Crippen LogP contribution >= 0.6 is 0 Å². The number of carbonyl (C=O) groups excluding carboxylic acids is 1. The molecular weight excluding hydrogens is 366 g/mol. The fourth-order valence-corrected chi connectivity index (χ4v) is 3.33. The van der Waals surface area contributed by atoms with E-state index in [1.807, 2.05) is 78.7 Å². The van der Waals surface area contributed by atoms with Crippen molar-refractivity contribution < 1.29 is 14.3 Å². The number of benzene rings is 2. The lowest BCUT2D eigenvalue weighted by molar-refractivity contribution is -0.133. The highest BCUT2D eigenvalue weighted by Crippen LogP contribution is 2.28. The number of nitrogens with zero attached hydrogens (tertiary/aromatic N) is 3. The molecule has 2 heterocycles. The number of aromatic nitrogens is 1. The summed E-state index contributed by atoms with van der Waals surface area (Å²) in [5, 5.41) is 0. The number of hydrogen-bond acceptors (Lipinski definition) is 5. The van der Waals surface area contributed by atoms with Crippen LogP contribution in [0.1, 0.15) is 11.3 Å². The van der Waals surface area contributed by atoms with Crippen molar-refractivity contribution in [2.75, 3.05) is 25.7 Å². The Kier molecular flexibility index (Phi) is 5.33. The first-order valence-corrected chi connectivity index (χ1v) is 9.46. The second-order valence-electron chi connectivity index (χ2n) is 6.90. The zero-order valence-corrected chi connectivity index (χ0v) is 16.5. The van der Waals surface area contributed by atoms with Crippen LogP contribution in [0.15, 0.2) is 66.7 Å². The number of rotatable bonds is 5. The first-order valence-electron chi connectivity index (χ1n) is 9.46. The van der Waals surface area contributed by atoms with Gasteiger partial charge in [0.05, 0.1) is 13.7 Å². The smallest absolute Gasteiger partial charge is 0.261 e. The van der Waals surface area contributed by atoms with Crippen molar-refractivity contribution in [3.8, 4) is 11.5 Å². The Balaban J connectivity index is 1.59. The third kappa shape index (κ3) is 4.16. The Bertz CT molecular complexity index is 1010. The summed E-state index contributed by atoms with van der Waals surface area (Å²) >= 11 is 0. The lowest BCUT2D eigenvalue weighted by atomic mass is 10.2. The molecule has 1 amide bonds. The standard InChI is InChI=1S/C23H23N3O3/c1-25(18-8-4-3-5-9-18)22-12-11-21-20(24-22)15-26(23(27)16-29-21)14-17-7-6-10-19(13-17)28-2/h3-13H,14-16H2,1-2H3. The second kappa shape index (κ2) is 8.22. The van der Waals surface area contributed by atoms with Crippen LogP contribution in [0.5, 0.6) is 11.5 Å². The van der Waals surface area contributed by atoms with Gasteiger partial charge in [-0.15, -0.1) is 0 Å². The Labute approximate surface area is 170 Å². The van der Waals surface area contributed by atoms with Crippen LogP contribution in [0.4, 0.5) is 11.5 Å². The molecule has 0 fully saturated rings. The van der Waals surface area contributed by atoms with Crippen LogP contribution < -0.4 is 14.4 Å². The van der Waals surface area contributed by atoms with E-state index in [2.05, 4.69) is 0 Å². The predicted octanol–water partition coefficient (Wildman–Crippen LogP) is 3.78. The maximum Gasteiger partial charge on any atom is 0.261 e. The molecule has 0 N–H and O–H groups in total. The van der Waals surface area contributed by atoms with Gasteiger partial charge in [0.1, 0.15) is 23.0 Å². The topological polar surface area (TPSA) is 54.9 Å². The van der Waals surface area contributed by atoms with E-state index in [1.165, 1.54) is 0 Å². The third-order valence-electron chi connectivity index (χ3n) is 4.96. The number of carbonyl (C=O) groups is 1. The lowest BCUT2D eigenvalue weighted by Crippen LogP contribution is -2.32. The maximum atomic E-state index is 12.6. The first-order chi connectivity index (χ1) is 14.1. The number of hydrogen-bond donors (Lipinski definition) is 0. The van der Waals surface area contributed by atoms with E-state index in [9.17, 15) is 4.79 Å². The highest BCUT2D eigenvalue weighted by Gasteiger charge is 2.23. The number of fused-ring (bicyclic) bond motifs is 1. The van der Waals surface area contributed by atoms with Crippen molar-refractivity contribution in [1.29, 1.82) is 0 Å². The SMILES string of the molecule is COc1cccc(CN2Cc3nc(N(C)c4ccccc4)ccc3OCC2=O)c1. The highest BCUT2D eigenvalue weighted by atomic mass is 16.5. The molecule has 0 saturated carbocycles. The van der Waals surface area contributed by atoms with Crippen LogP contribution in [0.3, 0.4) is 0 Å². The van der Waals surface area contributed by atoms with Gasteiger partial charge in [0.2, 0.25) is 0 Å². The van der Waals surface area contributed by atoms with E-state index in [-0.39, 0.29) is 12.5 Å². The van der Waals surface area contributed by atoms with Crippen molar-refractivity contribution >= 4 is 17.4 Å². The number of pyridine rings is 1. The number of para-hydroxylation sites is 1. The van der Waals surface area contributed by atoms with Crippen LogP contribution in [0.2, 0.25) is 0 Å². The van der Waals surface area contributed by atoms with Gasteiger partial charge in [-0.25, -0.2) is 4.98 Å². The molecule has 0 aliphatic carbocycles. The summed E-state index contributed by atoms with van der Waals surface area (Å²) in [7, 11) is 3.61. The molecule has 1 aliphatic heterocycles. The van der Waals surface area contributed by atoms with Crippen molar-refractivity contribution in [2.24, 2.45) is 0 Å². The van der Waals surface area contributed by atoms with E-state index in [4.69, 9.17) is 14.5 Å². The molecule has 0 bridgehead atoms. The fraction of sp³-hybridized carbons (Fsp3) is 0.217. The molecule has 0 saturated heterocycles. The lowest BCUT2D eigenvalue weighted by Gasteiger charge is -2.22. The molecule has 6 heteroatoms. The van der Waals surface area contributed by atoms with Crippen molar-refractivity contribution in [2.45, 2.75) is 13.1 Å². The molecule has 3 aromatic rings. The minimum Gasteiger partial charge on any atom is -0.497 e. The molecular formula is C23H23N3O3. The largest absolute Gasteiger partial charge is 0.497 e. The number of ether oxygens (including phenoxy) is 2. The summed E-state index contributed by atoms with van der Waals surface area (Å²) in [5.74, 6) is 2.15. The number of amides is 1. The van der Waals surface area contributed by atoms with Crippen molar-refractivity contribution in [1.82, 2.24) is 9.88 Å². The van der Waals surface area contributed by atoms with Gasteiger partial charge >= 0.3 is 0 Å². The number of anilines is 2. The molecule has 1 aliphatic rings. The third-order valence-corrected chi connectivity index (χ3v) is 4.96. The van der Waals surface area contributed by atoms with Gasteiger partial charge in [-0.3, -0.25) is 4.79 Å². The first kappa shape index (κ1) is 18.8. The van der Waals surface area contributed by atoms with Gasteiger partial charge in [0.15, 0.2) is 6.61 Å². The fourth-order valence-electron chi connectivity index (χ4n) is 3.33. The van der Waals surface area contributed by atoms with Crippen LogP contribution in [0, 0.1) is 0 Å². The van der Waals surface area contributed by atoms with Gasteiger partial charge in [-0.05, 0) is 42.0 Å². The molecule has 2 aromatic carbocycles. The molecule has 29 heavy (non-hydrogen) atoms. The second-order valence-corrected chi connectivity index (χ2v) is 6.90. The van der Waals surface area contributed by atoms with Crippen LogP contribution in [-0.2, 0) is 17.9 Å². The van der Waals surface area contributed by atoms with E-state index in [1.54, 1.807) is 12.0 Å². The van der Waals surface area contributed by atoms with E-state index < -0.39 is 0 Å². The van der Waals surface area contributed by atoms with Crippen molar-refractivity contribution in [3.63, 3.8) is 0 Å². The molecule has 0 unspecified atom stereocenters. The van der Waals surface area contributed by atoms with Gasteiger partial charge in [-0.1, -0.05) is 30.3 Å². The van der Waals surface area contributed by atoms with Crippen LogP contribution in [-0.4, -0.2) is 36.6 Å². The molecule has 1 aromatic heterocycles. The molecule has 0 spiro atoms. The highest BCUT2D eigenvalue weighted by molar-refractivity contribution is 5.78.